The van der Waals surface area contributed by atoms with Gasteiger partial charge in [0.1, 0.15) is 18.1 Å². The SMILES string of the molecule is CCC(C)C(N)C(=O)NC(CCC(N)=O)C(=O)NC(Cc1cnc[nH]1)C(=O)NC(CC(N)=O)C(=O)O. The lowest BCUT2D eigenvalue weighted by Crippen LogP contribution is -2.58. The van der Waals surface area contributed by atoms with E-state index in [2.05, 4.69) is 25.9 Å². The number of amides is 5. The maximum absolute atomic E-state index is 13.1. The number of carbonyl (C=O) groups excluding carboxylic acids is 5. The van der Waals surface area contributed by atoms with E-state index in [9.17, 15) is 33.9 Å². The molecule has 200 valence electrons. The fourth-order valence-electron chi connectivity index (χ4n) is 3.11. The lowest BCUT2D eigenvalue weighted by atomic mass is 9.98. The Hall–Kier alpha value is -4.01. The highest BCUT2D eigenvalue weighted by molar-refractivity contribution is 5.95. The quantitative estimate of drug-likeness (QED) is 0.112. The fourth-order valence-corrected chi connectivity index (χ4v) is 3.11. The molecule has 15 nitrogen and oxygen atoms in total. The molecular formula is C21H34N8O7. The van der Waals surface area contributed by atoms with Crippen molar-refractivity contribution < 1.29 is 33.9 Å². The summed E-state index contributed by atoms with van der Waals surface area (Å²) in [6, 6.07) is -5.16. The Balaban J connectivity index is 3.11. The highest BCUT2D eigenvalue weighted by atomic mass is 16.4. The van der Waals surface area contributed by atoms with Gasteiger partial charge >= 0.3 is 5.97 Å². The van der Waals surface area contributed by atoms with Crippen molar-refractivity contribution in [3.63, 3.8) is 0 Å². The van der Waals surface area contributed by atoms with Crippen LogP contribution in [0.2, 0.25) is 0 Å². The van der Waals surface area contributed by atoms with Gasteiger partial charge in [-0.15, -0.1) is 0 Å². The lowest BCUT2D eigenvalue weighted by Gasteiger charge is -2.25. The number of H-pyrrole nitrogens is 1. The van der Waals surface area contributed by atoms with Gasteiger partial charge in [0.05, 0.1) is 18.8 Å². The van der Waals surface area contributed by atoms with Gasteiger partial charge in [0.2, 0.25) is 29.5 Å². The largest absolute Gasteiger partial charge is 0.480 e. The summed E-state index contributed by atoms with van der Waals surface area (Å²) in [5.41, 5.74) is 16.6. The van der Waals surface area contributed by atoms with Crippen LogP contribution < -0.4 is 33.2 Å². The first-order chi connectivity index (χ1) is 16.8. The summed E-state index contributed by atoms with van der Waals surface area (Å²) in [6.45, 7) is 3.61. The third-order valence-electron chi connectivity index (χ3n) is 5.50. The number of aliphatic carboxylic acids is 1. The van der Waals surface area contributed by atoms with E-state index < -0.39 is 66.1 Å². The van der Waals surface area contributed by atoms with Crippen LogP contribution in [0.3, 0.4) is 0 Å². The number of rotatable bonds is 16. The van der Waals surface area contributed by atoms with E-state index >= 15 is 0 Å². The molecule has 0 aromatic carbocycles. The molecule has 0 aliphatic heterocycles. The lowest BCUT2D eigenvalue weighted by molar-refractivity contribution is -0.143. The molecule has 0 aliphatic carbocycles. The summed E-state index contributed by atoms with van der Waals surface area (Å²) < 4.78 is 0. The molecule has 1 aromatic heterocycles. The molecule has 0 bridgehead atoms. The van der Waals surface area contributed by atoms with Crippen LogP contribution in [0, 0.1) is 5.92 Å². The van der Waals surface area contributed by atoms with Crippen LogP contribution >= 0.6 is 0 Å². The van der Waals surface area contributed by atoms with Gasteiger partial charge in [0.15, 0.2) is 0 Å². The topological polar surface area (TPSA) is 265 Å². The number of primary amides is 2. The van der Waals surface area contributed by atoms with Crippen molar-refractivity contribution in [1.29, 1.82) is 0 Å². The molecule has 0 saturated heterocycles. The van der Waals surface area contributed by atoms with Crippen LogP contribution in [-0.4, -0.2) is 74.7 Å². The summed E-state index contributed by atoms with van der Waals surface area (Å²) in [5, 5.41) is 16.4. The third kappa shape index (κ3) is 10.1. The predicted octanol–water partition coefficient (Wildman–Crippen LogP) is -2.99. The molecule has 0 aliphatic rings. The van der Waals surface area contributed by atoms with Gasteiger partial charge in [0, 0.05) is 24.7 Å². The van der Waals surface area contributed by atoms with Crippen molar-refractivity contribution in [3.8, 4) is 0 Å². The first-order valence-corrected chi connectivity index (χ1v) is 11.3. The Morgan fingerprint density at radius 2 is 1.56 bits per heavy atom. The molecule has 0 radical (unpaired) electrons. The second-order valence-electron chi connectivity index (χ2n) is 8.39. The van der Waals surface area contributed by atoms with Crippen molar-refractivity contribution in [3.05, 3.63) is 18.2 Å². The average Bonchev–Trinajstić information content (AvgIpc) is 3.32. The van der Waals surface area contributed by atoms with Crippen LogP contribution in [0.15, 0.2) is 12.5 Å². The summed E-state index contributed by atoms with van der Waals surface area (Å²) in [4.78, 5) is 79.0. The number of carboxylic acids is 1. The van der Waals surface area contributed by atoms with E-state index in [1.54, 1.807) is 6.92 Å². The number of aromatic amines is 1. The van der Waals surface area contributed by atoms with Gasteiger partial charge in [-0.25, -0.2) is 9.78 Å². The number of nitrogens with zero attached hydrogens (tertiary/aromatic N) is 1. The molecule has 1 aromatic rings. The molecule has 1 heterocycles. The van der Waals surface area contributed by atoms with Crippen LogP contribution in [0.1, 0.15) is 45.2 Å². The maximum Gasteiger partial charge on any atom is 0.326 e. The van der Waals surface area contributed by atoms with E-state index in [1.807, 2.05) is 6.92 Å². The summed E-state index contributed by atoms with van der Waals surface area (Å²) in [5.74, 6) is -5.75. The van der Waals surface area contributed by atoms with Gasteiger partial charge in [0.25, 0.3) is 0 Å². The van der Waals surface area contributed by atoms with E-state index in [0.717, 1.165) is 0 Å². The van der Waals surface area contributed by atoms with Gasteiger partial charge in [-0.1, -0.05) is 20.3 Å². The first-order valence-electron chi connectivity index (χ1n) is 11.3. The van der Waals surface area contributed by atoms with Crippen molar-refractivity contribution >= 4 is 35.5 Å². The zero-order valence-electron chi connectivity index (χ0n) is 20.2. The third-order valence-corrected chi connectivity index (χ3v) is 5.50. The molecule has 5 amide bonds. The smallest absolute Gasteiger partial charge is 0.326 e. The zero-order chi connectivity index (χ0) is 27.4. The number of hydrogen-bond acceptors (Lipinski definition) is 8. The Kier molecular flexibility index (Phi) is 12.0. The molecule has 5 unspecified atom stereocenters. The van der Waals surface area contributed by atoms with Crippen LogP contribution in [0.4, 0.5) is 0 Å². The average molecular weight is 511 g/mol. The number of carbonyl (C=O) groups is 6. The minimum atomic E-state index is -1.63. The number of carboxylic acid groups (broad SMARTS) is 1. The summed E-state index contributed by atoms with van der Waals surface area (Å²) in [6.07, 6.45) is 2.12. The molecule has 0 fully saturated rings. The number of imidazole rings is 1. The molecule has 1 rings (SSSR count). The number of aromatic nitrogens is 2. The number of nitrogens with two attached hydrogens (primary N) is 3. The number of nitrogens with one attached hydrogen (secondary N) is 4. The van der Waals surface area contributed by atoms with Gasteiger partial charge in [-0.2, -0.15) is 0 Å². The fraction of sp³-hybridized carbons (Fsp3) is 0.571. The van der Waals surface area contributed by atoms with Gasteiger partial charge in [-0.3, -0.25) is 24.0 Å². The van der Waals surface area contributed by atoms with E-state index in [0.29, 0.717) is 12.1 Å². The normalized spacial score (nSPS) is 15.0. The number of hydrogen-bond donors (Lipinski definition) is 8. The Bertz CT molecular complexity index is 937. The van der Waals surface area contributed by atoms with Crippen molar-refractivity contribution in [2.75, 3.05) is 0 Å². The van der Waals surface area contributed by atoms with Crippen LogP contribution in [0.25, 0.3) is 0 Å². The second kappa shape index (κ2) is 14.4. The Morgan fingerprint density at radius 1 is 0.972 bits per heavy atom. The minimum absolute atomic E-state index is 0.136. The standard InChI is InChI=1S/C21H34N8O7/c1-3-10(2)17(24)20(34)27-12(4-5-15(22)30)18(32)28-13(6-11-8-25-9-26-11)19(33)29-14(21(35)36)7-16(23)31/h8-10,12-14,17H,3-7,24H2,1-2H3,(H2,22,30)(H2,23,31)(H,25,26)(H,27,34)(H,28,32)(H,29,33)(H,35,36). The molecule has 11 N–H and O–H groups in total. The molecule has 0 saturated carbocycles. The monoisotopic (exact) mass is 510 g/mol. The minimum Gasteiger partial charge on any atom is -0.480 e. The molecule has 36 heavy (non-hydrogen) atoms. The van der Waals surface area contributed by atoms with Crippen LogP contribution in [0.5, 0.6) is 0 Å². The zero-order valence-corrected chi connectivity index (χ0v) is 20.2. The summed E-state index contributed by atoms with van der Waals surface area (Å²) in [7, 11) is 0. The van der Waals surface area contributed by atoms with E-state index in [1.165, 1.54) is 12.5 Å². The highest BCUT2D eigenvalue weighted by Gasteiger charge is 2.32. The van der Waals surface area contributed by atoms with E-state index in [4.69, 9.17) is 17.2 Å². The highest BCUT2D eigenvalue weighted by Crippen LogP contribution is 2.08. The molecule has 15 heteroatoms. The Morgan fingerprint density at radius 3 is 2.06 bits per heavy atom. The van der Waals surface area contributed by atoms with Gasteiger partial charge < -0.3 is 43.2 Å². The van der Waals surface area contributed by atoms with Crippen molar-refractivity contribution in [1.82, 2.24) is 25.9 Å². The molecule has 0 spiro atoms. The van der Waals surface area contributed by atoms with E-state index in [-0.39, 0.29) is 25.2 Å². The Labute approximate surface area is 207 Å². The van der Waals surface area contributed by atoms with Crippen LogP contribution in [-0.2, 0) is 35.2 Å². The maximum atomic E-state index is 13.1. The predicted molar refractivity (Wildman–Crippen MR) is 125 cm³/mol. The first kappa shape index (κ1) is 30.0. The van der Waals surface area contributed by atoms with Crippen molar-refractivity contribution in [2.24, 2.45) is 23.1 Å². The molecular weight excluding hydrogens is 476 g/mol. The molecule has 5 atom stereocenters. The summed E-state index contributed by atoms with van der Waals surface area (Å²) >= 11 is 0. The van der Waals surface area contributed by atoms with Crippen molar-refractivity contribution in [2.45, 2.75) is 70.1 Å². The second-order valence-corrected chi connectivity index (χ2v) is 8.39. The van der Waals surface area contributed by atoms with Gasteiger partial charge in [-0.05, 0) is 12.3 Å².